The summed E-state index contributed by atoms with van der Waals surface area (Å²) in [6.07, 6.45) is -0.214. The van der Waals surface area contributed by atoms with Crippen LogP contribution in [-0.2, 0) is 44.1 Å². The number of hydrogen-bond donors (Lipinski definition) is 4. The van der Waals surface area contributed by atoms with Crippen molar-refractivity contribution in [3.63, 3.8) is 0 Å². The first-order valence-corrected chi connectivity index (χ1v) is 14.7. The molecule has 2 atom stereocenters. The maximum atomic E-state index is 12.8. The van der Waals surface area contributed by atoms with Gasteiger partial charge in [-0.3, -0.25) is 18.9 Å². The van der Waals surface area contributed by atoms with Crippen molar-refractivity contribution >= 4 is 77.7 Å². The second kappa shape index (κ2) is 14.4. The number of carbonyl (C=O) groups is 4. The molecule has 1 aliphatic rings. The molecule has 1 aromatic rings. The third-order valence-corrected chi connectivity index (χ3v) is 7.22. The minimum absolute atomic E-state index is 0. The summed E-state index contributed by atoms with van der Waals surface area (Å²) in [5, 5.41) is 11.7. The van der Waals surface area contributed by atoms with E-state index >= 15 is 0 Å². The Morgan fingerprint density at radius 1 is 1.32 bits per heavy atom. The Morgan fingerprint density at radius 2 is 1.97 bits per heavy atom. The zero-order valence-electron chi connectivity index (χ0n) is 21.0. The van der Waals surface area contributed by atoms with E-state index in [2.05, 4.69) is 35.7 Å². The minimum Gasteiger partial charge on any atom is -1.00 e. The molecule has 4 amide bonds. The molecule has 0 saturated carbocycles. The summed E-state index contributed by atoms with van der Waals surface area (Å²) < 4.78 is 59.4. The van der Waals surface area contributed by atoms with Gasteiger partial charge in [-0.05, 0) is 0 Å². The van der Waals surface area contributed by atoms with Crippen LogP contribution >= 0.6 is 22.9 Å². The Hall–Kier alpha value is -2.07. The normalized spacial score (nSPS) is 17.5. The van der Waals surface area contributed by atoms with E-state index in [9.17, 15) is 40.6 Å². The fourth-order valence-electron chi connectivity index (χ4n) is 2.78. The first-order chi connectivity index (χ1) is 17.2. The van der Waals surface area contributed by atoms with E-state index in [1.165, 1.54) is 5.38 Å². The molecule has 0 radical (unpaired) electrons. The summed E-state index contributed by atoms with van der Waals surface area (Å²) in [6, 6.07) is -3.03. The molecule has 17 nitrogen and oxygen atoms in total. The third kappa shape index (κ3) is 9.59. The van der Waals surface area contributed by atoms with Gasteiger partial charge in [-0.15, -0.1) is 22.9 Å². The molecule has 2 heterocycles. The molecule has 1 fully saturated rings. The van der Waals surface area contributed by atoms with Gasteiger partial charge in [0.1, 0.15) is 31.3 Å². The van der Waals surface area contributed by atoms with Crippen LogP contribution in [0.1, 0.15) is 7.12 Å². The van der Waals surface area contributed by atoms with Crippen LogP contribution in [0.2, 0.25) is 0 Å². The van der Waals surface area contributed by atoms with E-state index in [4.69, 9.17) is 11.6 Å². The van der Waals surface area contributed by atoms with Crippen LogP contribution in [-0.4, -0.2) is 110 Å². The number of aromatic nitrogens is 1. The van der Waals surface area contributed by atoms with Gasteiger partial charge < -0.3 is 27.0 Å². The van der Waals surface area contributed by atoms with Gasteiger partial charge in [0.2, 0.25) is 5.91 Å². The minimum atomic E-state index is -5.07. The van der Waals surface area contributed by atoms with E-state index < -0.39 is 80.7 Å². The predicted octanol–water partition coefficient (Wildman–Crippen LogP) is -4.94. The fourth-order valence-corrected chi connectivity index (χ4v) is 4.83. The zero-order valence-corrected chi connectivity index (χ0v) is 25.2. The molecule has 0 aliphatic carbocycles. The van der Waals surface area contributed by atoms with Crippen LogP contribution in [0.4, 0.5) is 9.93 Å². The maximum Gasteiger partial charge on any atom is 1.00 e. The second-order valence-corrected chi connectivity index (χ2v) is 11.8. The number of amides is 4. The molecular weight excluding hydrogens is 607 g/mol. The van der Waals surface area contributed by atoms with Gasteiger partial charge in [0.05, 0.1) is 11.8 Å². The topological polar surface area (TPSA) is 240 Å². The van der Waals surface area contributed by atoms with Gasteiger partial charge in [0, 0.05) is 18.2 Å². The number of anilines is 1. The number of halogens is 1. The van der Waals surface area contributed by atoms with Gasteiger partial charge >= 0.3 is 46.0 Å². The fraction of sp³-hybridized carbons (Fsp3) is 0.500. The molecule has 2 unspecified atom stereocenters. The van der Waals surface area contributed by atoms with E-state index in [-0.39, 0.29) is 52.0 Å². The quantitative estimate of drug-likeness (QED) is 0.0425. The van der Waals surface area contributed by atoms with Gasteiger partial charge in [0.25, 0.3) is 11.8 Å². The summed E-state index contributed by atoms with van der Waals surface area (Å²) in [6.45, 7) is -1.11. The van der Waals surface area contributed by atoms with Crippen molar-refractivity contribution in [2.45, 2.75) is 12.1 Å². The molecule has 1 aromatic heterocycles. The number of oxime groups is 1. The van der Waals surface area contributed by atoms with E-state index in [1.807, 2.05) is 0 Å². The molecule has 0 spiro atoms. The van der Waals surface area contributed by atoms with E-state index in [1.54, 1.807) is 0 Å². The zero-order chi connectivity index (χ0) is 28.0. The molecule has 1 aliphatic heterocycles. The monoisotopic (exact) mass is 628 g/mol. The largest absolute Gasteiger partial charge is 1.00 e. The summed E-state index contributed by atoms with van der Waals surface area (Å²) in [5.41, 5.74) is -0.521. The third-order valence-electron chi connectivity index (χ3n) is 4.36. The molecule has 22 heteroatoms. The van der Waals surface area contributed by atoms with Crippen molar-refractivity contribution in [1.82, 2.24) is 19.9 Å². The number of rotatable bonds is 12. The maximum absolute atomic E-state index is 12.8. The van der Waals surface area contributed by atoms with Gasteiger partial charge in [-0.2, -0.15) is 8.42 Å². The van der Waals surface area contributed by atoms with Crippen LogP contribution in [0.15, 0.2) is 10.5 Å². The Balaban J connectivity index is 0.00000722. The van der Waals surface area contributed by atoms with Crippen molar-refractivity contribution in [2.24, 2.45) is 5.16 Å². The number of carbonyl (C=O) groups excluding carboxylic acids is 4. The average Bonchev–Trinajstić information content (AvgIpc) is 3.24. The second-order valence-electron chi connectivity index (χ2n) is 7.12. The number of hydrogen-bond acceptors (Lipinski definition) is 13. The van der Waals surface area contributed by atoms with Crippen LogP contribution in [0.5, 0.6) is 0 Å². The summed E-state index contributed by atoms with van der Waals surface area (Å²) in [5.74, 6) is -3.64. The average molecular weight is 629 g/mol. The van der Waals surface area contributed by atoms with Gasteiger partial charge in [-0.1, -0.05) is 5.16 Å². The van der Waals surface area contributed by atoms with Crippen molar-refractivity contribution in [3.8, 4) is 0 Å². The van der Waals surface area contributed by atoms with Crippen molar-refractivity contribution in [2.75, 3.05) is 43.5 Å². The molecule has 0 bridgehead atoms. The first kappa shape index (κ1) is 34.0. The number of ether oxygens (including phenoxy) is 1. The molecule has 0 aromatic carbocycles. The molecule has 1 saturated heterocycles. The Bertz CT molecular complexity index is 1310. The van der Waals surface area contributed by atoms with E-state index in [0.717, 1.165) is 24.7 Å². The summed E-state index contributed by atoms with van der Waals surface area (Å²) in [7, 11) is -7.36. The summed E-state index contributed by atoms with van der Waals surface area (Å²) >= 11 is 6.34. The van der Waals surface area contributed by atoms with Crippen LogP contribution < -0.4 is 45.5 Å². The van der Waals surface area contributed by atoms with Gasteiger partial charge in [0.15, 0.2) is 20.7 Å². The standard InChI is InChI=1S/C16H21ClN6O11S3.Na.H/c1-33-22-11(8-7-35-15(19-8)20-10(24)5-17)13(25)21-12-9(23(14(12)26)37(30,31)32)6-18-16(27)34-3-4-36(2,28)29;;/h7,9,12H,3-6H2,1-2H3,(H,18,27)(H,21,25)(H,19,20,24)(H,30,31,32);;/q;+1;-1/b22-11-;;. The molecule has 2 rings (SSSR count). The van der Waals surface area contributed by atoms with Gasteiger partial charge in [-0.25, -0.2) is 22.5 Å². The van der Waals surface area contributed by atoms with Crippen molar-refractivity contribution in [1.29, 1.82) is 0 Å². The van der Waals surface area contributed by atoms with E-state index in [0.29, 0.717) is 0 Å². The number of nitrogens with one attached hydrogen (secondary N) is 3. The number of nitrogens with zero attached hydrogens (tertiary/aromatic N) is 3. The Labute approximate surface area is 249 Å². The predicted molar refractivity (Wildman–Crippen MR) is 129 cm³/mol. The number of alkyl halides is 1. The molecule has 208 valence electrons. The molecule has 38 heavy (non-hydrogen) atoms. The number of sulfone groups is 1. The number of thiazole rings is 1. The smallest absolute Gasteiger partial charge is 1.00 e. The van der Waals surface area contributed by atoms with Crippen molar-refractivity contribution < 1.29 is 81.1 Å². The Morgan fingerprint density at radius 3 is 2.53 bits per heavy atom. The SMILES string of the molecule is CO/N=C(\C(=O)NC1C(=O)N(S(=O)(=O)O)C1CNC(=O)OCCS(C)(=O)=O)c1csc(NC(=O)CCl)n1.[H-].[Na+]. The number of β-lactam (4-membered cyclic amide) rings is 1. The van der Waals surface area contributed by atoms with Crippen LogP contribution in [0.3, 0.4) is 0 Å². The summed E-state index contributed by atoms with van der Waals surface area (Å²) in [4.78, 5) is 57.1. The first-order valence-electron chi connectivity index (χ1n) is 9.80. The molecular formula is C16H22ClN6NaO11S3. The van der Waals surface area contributed by atoms with Crippen LogP contribution in [0, 0.1) is 0 Å². The number of alkyl carbamates (subject to hydrolysis) is 1. The molecule has 4 N–H and O–H groups in total. The Kier molecular flexibility index (Phi) is 12.8. The van der Waals surface area contributed by atoms with Crippen molar-refractivity contribution in [3.05, 3.63) is 11.1 Å². The van der Waals surface area contributed by atoms with Crippen LogP contribution in [0.25, 0.3) is 0 Å².